The fourth-order valence-electron chi connectivity index (χ4n) is 4.98. The average Bonchev–Trinajstić information content (AvgIpc) is 3.03. The van der Waals surface area contributed by atoms with Crippen molar-refractivity contribution in [2.24, 2.45) is 5.10 Å². The Morgan fingerprint density at radius 1 is 0.909 bits per heavy atom. The summed E-state index contributed by atoms with van der Waals surface area (Å²) in [5.41, 5.74) is 4.45. The van der Waals surface area contributed by atoms with Crippen molar-refractivity contribution < 1.29 is 18.9 Å². The van der Waals surface area contributed by atoms with Gasteiger partial charge in [-0.1, -0.05) is 55.8 Å². The van der Waals surface area contributed by atoms with Crippen LogP contribution < -0.4 is 24.5 Å². The Labute approximate surface area is 261 Å². The third kappa shape index (κ3) is 6.12. The predicted octanol–water partition coefficient (Wildman–Crippen LogP) is 7.64. The fraction of sp³-hybridized carbons (Fsp3) is 0.229. The summed E-state index contributed by atoms with van der Waals surface area (Å²) in [6.07, 6.45) is 1.58. The molecule has 0 radical (unpaired) electrons. The van der Waals surface area contributed by atoms with Crippen LogP contribution in [0.2, 0.25) is 5.02 Å². The van der Waals surface area contributed by atoms with E-state index >= 15 is 0 Å². The van der Waals surface area contributed by atoms with Gasteiger partial charge in [-0.15, -0.1) is 0 Å². The van der Waals surface area contributed by atoms with E-state index in [1.54, 1.807) is 45.7 Å². The number of methoxy groups -OCH3 is 3. The Morgan fingerprint density at radius 3 is 2.23 bits per heavy atom. The van der Waals surface area contributed by atoms with Gasteiger partial charge < -0.3 is 18.9 Å². The maximum absolute atomic E-state index is 13.8. The third-order valence-corrected chi connectivity index (χ3v) is 7.70. The Hall–Kier alpha value is -4.82. The summed E-state index contributed by atoms with van der Waals surface area (Å²) in [6.45, 7) is 6.38. The molecule has 0 aliphatic carbocycles. The fourth-order valence-corrected chi connectivity index (χ4v) is 5.17. The van der Waals surface area contributed by atoms with E-state index < -0.39 is 0 Å². The molecule has 0 fully saturated rings. The standard InChI is InChI=1S/C35H34ClN3O5/c1-21(2)26-18-27(22(3)15-30(26)41-4)34-38-29-14-10-8-12-25(29)35(40)39(34)37-19-23-16-31(42-5)33(32(17-23)43-6)44-20-24-11-7-9-13-28(24)36/h7-19,21H,20H2,1-6H3. The van der Waals surface area contributed by atoms with Gasteiger partial charge in [-0.25, -0.2) is 4.98 Å². The van der Waals surface area contributed by atoms with Crippen LogP contribution in [-0.2, 0) is 6.61 Å². The number of hydrogen-bond donors (Lipinski definition) is 0. The van der Waals surface area contributed by atoms with E-state index in [-0.39, 0.29) is 18.1 Å². The van der Waals surface area contributed by atoms with E-state index in [4.69, 9.17) is 35.5 Å². The predicted molar refractivity (Wildman–Crippen MR) is 175 cm³/mol. The van der Waals surface area contributed by atoms with Gasteiger partial charge in [0.05, 0.1) is 38.4 Å². The molecule has 9 heteroatoms. The van der Waals surface area contributed by atoms with Gasteiger partial charge in [0.15, 0.2) is 17.3 Å². The lowest BCUT2D eigenvalue weighted by atomic mass is 9.96. The lowest BCUT2D eigenvalue weighted by molar-refractivity contribution is 0.266. The number of para-hydroxylation sites is 1. The number of rotatable bonds is 10. The second kappa shape index (κ2) is 13.2. The molecule has 0 N–H and O–H groups in total. The molecule has 226 valence electrons. The molecule has 0 amide bonds. The molecular weight excluding hydrogens is 578 g/mol. The summed E-state index contributed by atoms with van der Waals surface area (Å²) in [5, 5.41) is 5.73. The average molecular weight is 612 g/mol. The molecule has 5 rings (SSSR count). The van der Waals surface area contributed by atoms with Gasteiger partial charge in [-0.2, -0.15) is 9.78 Å². The van der Waals surface area contributed by atoms with Crippen molar-refractivity contribution in [2.45, 2.75) is 33.3 Å². The zero-order chi connectivity index (χ0) is 31.4. The molecule has 1 heterocycles. The Balaban J connectivity index is 1.61. The molecule has 0 saturated carbocycles. The number of fused-ring (bicyclic) bond motifs is 1. The number of halogens is 1. The summed E-state index contributed by atoms with van der Waals surface area (Å²) < 4.78 is 24.4. The van der Waals surface area contributed by atoms with Crippen molar-refractivity contribution in [3.05, 3.63) is 110 Å². The minimum atomic E-state index is -0.290. The summed E-state index contributed by atoms with van der Waals surface area (Å²) in [6, 6.07) is 22.2. The van der Waals surface area contributed by atoms with E-state index in [1.165, 1.54) is 4.68 Å². The van der Waals surface area contributed by atoms with Crippen LogP contribution in [0.15, 0.2) is 82.7 Å². The van der Waals surface area contributed by atoms with Crippen molar-refractivity contribution in [2.75, 3.05) is 21.3 Å². The van der Waals surface area contributed by atoms with Gasteiger partial charge >= 0.3 is 0 Å². The monoisotopic (exact) mass is 611 g/mol. The summed E-state index contributed by atoms with van der Waals surface area (Å²) in [5.74, 6) is 2.70. The maximum atomic E-state index is 13.8. The second-order valence-corrected chi connectivity index (χ2v) is 10.9. The first-order chi connectivity index (χ1) is 21.2. The first-order valence-corrected chi connectivity index (χ1v) is 14.5. The molecule has 1 aromatic heterocycles. The molecule has 0 unspecified atom stereocenters. The molecule has 4 aromatic carbocycles. The van der Waals surface area contributed by atoms with Gasteiger partial charge in [-0.05, 0) is 66.4 Å². The van der Waals surface area contributed by atoms with Crippen LogP contribution in [0, 0.1) is 6.92 Å². The molecule has 0 aliphatic heterocycles. The number of aryl methyl sites for hydroxylation is 1. The van der Waals surface area contributed by atoms with Crippen LogP contribution in [0.4, 0.5) is 0 Å². The molecule has 0 bridgehead atoms. The maximum Gasteiger partial charge on any atom is 0.282 e. The number of hydrogen-bond acceptors (Lipinski definition) is 7. The van der Waals surface area contributed by atoms with Crippen LogP contribution >= 0.6 is 11.6 Å². The molecule has 5 aromatic rings. The highest BCUT2D eigenvalue weighted by Gasteiger charge is 2.19. The minimum absolute atomic E-state index is 0.187. The van der Waals surface area contributed by atoms with Gasteiger partial charge in [0.1, 0.15) is 12.4 Å². The lowest BCUT2D eigenvalue weighted by Crippen LogP contribution is -2.20. The van der Waals surface area contributed by atoms with Crippen molar-refractivity contribution in [3.8, 4) is 34.4 Å². The SMILES string of the molecule is COc1cc(C)c(-c2nc3ccccc3c(=O)n2N=Cc2cc(OC)c(OCc3ccccc3Cl)c(OC)c2)cc1C(C)C. The smallest absolute Gasteiger partial charge is 0.282 e. The molecule has 0 aliphatic rings. The van der Waals surface area contributed by atoms with E-state index in [1.807, 2.05) is 61.5 Å². The summed E-state index contributed by atoms with van der Waals surface area (Å²) in [7, 11) is 4.75. The van der Waals surface area contributed by atoms with Crippen LogP contribution in [0.1, 0.15) is 42.0 Å². The van der Waals surface area contributed by atoms with Gasteiger partial charge in [-0.3, -0.25) is 4.79 Å². The Morgan fingerprint density at radius 2 is 1.57 bits per heavy atom. The van der Waals surface area contributed by atoms with Crippen LogP contribution in [-0.4, -0.2) is 37.2 Å². The highest BCUT2D eigenvalue weighted by Crippen LogP contribution is 2.39. The van der Waals surface area contributed by atoms with Gasteiger partial charge in [0.2, 0.25) is 5.75 Å². The number of nitrogens with zero attached hydrogens (tertiary/aromatic N) is 3. The van der Waals surface area contributed by atoms with Gasteiger partial charge in [0.25, 0.3) is 5.56 Å². The van der Waals surface area contributed by atoms with Crippen molar-refractivity contribution in [1.29, 1.82) is 0 Å². The van der Waals surface area contributed by atoms with Gasteiger partial charge in [0, 0.05) is 21.7 Å². The highest BCUT2D eigenvalue weighted by atomic mass is 35.5. The molecule has 0 saturated heterocycles. The number of aromatic nitrogens is 2. The van der Waals surface area contributed by atoms with E-state index in [2.05, 4.69) is 18.9 Å². The lowest BCUT2D eigenvalue weighted by Gasteiger charge is -2.17. The van der Waals surface area contributed by atoms with Crippen LogP contribution in [0.5, 0.6) is 23.0 Å². The topological polar surface area (TPSA) is 84.2 Å². The highest BCUT2D eigenvalue weighted by molar-refractivity contribution is 6.31. The Kier molecular flexibility index (Phi) is 9.20. The zero-order valence-electron chi connectivity index (χ0n) is 25.6. The minimum Gasteiger partial charge on any atom is -0.496 e. The van der Waals surface area contributed by atoms with E-state index in [9.17, 15) is 4.79 Å². The summed E-state index contributed by atoms with van der Waals surface area (Å²) in [4.78, 5) is 18.8. The van der Waals surface area contributed by atoms with Crippen molar-refractivity contribution in [1.82, 2.24) is 9.66 Å². The van der Waals surface area contributed by atoms with E-state index in [0.717, 1.165) is 28.0 Å². The largest absolute Gasteiger partial charge is 0.496 e. The normalized spacial score (nSPS) is 11.4. The quantitative estimate of drug-likeness (QED) is 0.151. The molecule has 0 atom stereocenters. The van der Waals surface area contributed by atoms with Crippen molar-refractivity contribution >= 4 is 28.7 Å². The van der Waals surface area contributed by atoms with Crippen molar-refractivity contribution in [3.63, 3.8) is 0 Å². The second-order valence-electron chi connectivity index (χ2n) is 10.5. The van der Waals surface area contributed by atoms with Crippen LogP contribution in [0.3, 0.4) is 0 Å². The zero-order valence-corrected chi connectivity index (χ0v) is 26.3. The Bertz CT molecular complexity index is 1890. The first-order valence-electron chi connectivity index (χ1n) is 14.1. The third-order valence-electron chi connectivity index (χ3n) is 7.33. The summed E-state index contributed by atoms with van der Waals surface area (Å²) >= 11 is 6.32. The number of ether oxygens (including phenoxy) is 4. The molecule has 0 spiro atoms. The van der Waals surface area contributed by atoms with Crippen LogP contribution in [0.25, 0.3) is 22.3 Å². The molecule has 8 nitrogen and oxygen atoms in total. The molecular formula is C35H34ClN3O5. The first kappa shape index (κ1) is 30.6. The number of benzene rings is 4. The molecule has 44 heavy (non-hydrogen) atoms. The van der Waals surface area contributed by atoms with E-state index in [0.29, 0.717) is 44.6 Å².